The molecule has 2 N–H and O–H groups in total. The van der Waals surface area contributed by atoms with Gasteiger partial charge in [0.25, 0.3) is 10.0 Å². The largest absolute Gasteiger partial charge is 0.478 e. The van der Waals surface area contributed by atoms with Gasteiger partial charge in [0.15, 0.2) is 5.13 Å². The van der Waals surface area contributed by atoms with Gasteiger partial charge >= 0.3 is 5.97 Å². The third kappa shape index (κ3) is 4.03. The van der Waals surface area contributed by atoms with Crippen molar-refractivity contribution >= 4 is 61.5 Å². The van der Waals surface area contributed by atoms with Crippen molar-refractivity contribution in [2.24, 2.45) is 0 Å². The van der Waals surface area contributed by atoms with Gasteiger partial charge in [0.05, 0.1) is 4.34 Å². The molecule has 10 heteroatoms. The molecular weight excluding hydrogens is 356 g/mol. The summed E-state index contributed by atoms with van der Waals surface area (Å²) in [5, 5.41) is 8.67. The Kier molecular flexibility index (Phi) is 4.67. The molecule has 2 rings (SSSR count). The Morgan fingerprint density at radius 1 is 1.48 bits per heavy atom. The molecule has 0 spiro atoms. The van der Waals surface area contributed by atoms with Crippen LogP contribution in [0.2, 0.25) is 4.34 Å². The third-order valence-electron chi connectivity index (χ3n) is 2.23. The zero-order chi connectivity index (χ0) is 15.6. The highest BCUT2D eigenvalue weighted by Gasteiger charge is 2.19. The van der Waals surface area contributed by atoms with Crippen molar-refractivity contribution in [3.8, 4) is 0 Å². The van der Waals surface area contributed by atoms with Gasteiger partial charge < -0.3 is 5.11 Å². The van der Waals surface area contributed by atoms with E-state index in [-0.39, 0.29) is 9.34 Å². The van der Waals surface area contributed by atoms with Gasteiger partial charge in [-0.2, -0.15) is 0 Å². The van der Waals surface area contributed by atoms with E-state index in [0.717, 1.165) is 28.7 Å². The van der Waals surface area contributed by atoms with E-state index in [1.807, 2.05) is 0 Å². The first-order valence-electron chi connectivity index (χ1n) is 5.43. The fourth-order valence-corrected chi connectivity index (χ4v) is 4.96. The van der Waals surface area contributed by atoms with E-state index in [2.05, 4.69) is 9.71 Å². The smallest absolute Gasteiger partial charge is 0.328 e. The zero-order valence-electron chi connectivity index (χ0n) is 10.5. The van der Waals surface area contributed by atoms with Crippen molar-refractivity contribution < 1.29 is 18.3 Å². The maximum Gasteiger partial charge on any atom is 0.328 e. The number of thiophene rings is 1. The third-order valence-corrected chi connectivity index (χ3v) is 6.61. The minimum atomic E-state index is -3.74. The second kappa shape index (κ2) is 6.14. The van der Waals surface area contributed by atoms with Crippen LogP contribution in [0.4, 0.5) is 5.13 Å². The van der Waals surface area contributed by atoms with Gasteiger partial charge in [0, 0.05) is 17.2 Å². The van der Waals surface area contributed by atoms with Crippen LogP contribution in [0.3, 0.4) is 0 Å². The van der Waals surface area contributed by atoms with Crippen LogP contribution >= 0.6 is 34.3 Å². The topological polar surface area (TPSA) is 96.4 Å². The van der Waals surface area contributed by atoms with Gasteiger partial charge in [-0.3, -0.25) is 4.72 Å². The molecule has 0 atom stereocenters. The first-order chi connectivity index (χ1) is 9.78. The van der Waals surface area contributed by atoms with Crippen molar-refractivity contribution in [1.29, 1.82) is 0 Å². The number of carboxylic acids is 1. The molecule has 21 heavy (non-hydrogen) atoms. The van der Waals surface area contributed by atoms with Crippen LogP contribution in [0, 0.1) is 6.92 Å². The van der Waals surface area contributed by atoms with Crippen LogP contribution < -0.4 is 4.72 Å². The number of aryl methyl sites for hydroxylation is 1. The van der Waals surface area contributed by atoms with E-state index in [4.69, 9.17) is 16.7 Å². The number of halogens is 1. The Bertz CT molecular complexity index is 788. The average molecular weight is 365 g/mol. The second-order valence-electron chi connectivity index (χ2n) is 3.87. The summed E-state index contributed by atoms with van der Waals surface area (Å²) < 4.78 is 27.1. The number of anilines is 1. The summed E-state index contributed by atoms with van der Waals surface area (Å²) in [4.78, 5) is 14.8. The van der Waals surface area contributed by atoms with Gasteiger partial charge in [-0.25, -0.2) is 18.2 Å². The van der Waals surface area contributed by atoms with Crippen LogP contribution in [0.5, 0.6) is 0 Å². The van der Waals surface area contributed by atoms with Crippen molar-refractivity contribution in [3.05, 3.63) is 33.1 Å². The lowest BCUT2D eigenvalue weighted by Gasteiger charge is -2.01. The van der Waals surface area contributed by atoms with Crippen molar-refractivity contribution in [2.75, 3.05) is 4.72 Å². The molecule has 0 fully saturated rings. The fraction of sp³-hybridized carbons (Fsp3) is 0.0909. The van der Waals surface area contributed by atoms with Crippen LogP contribution in [0.1, 0.15) is 10.4 Å². The predicted molar refractivity (Wildman–Crippen MR) is 83.7 cm³/mol. The molecular formula is C11H9ClN2O4S3. The molecule has 6 nitrogen and oxygen atoms in total. The molecule has 0 unspecified atom stereocenters. The van der Waals surface area contributed by atoms with Gasteiger partial charge in [-0.05, 0) is 24.6 Å². The Morgan fingerprint density at radius 3 is 2.76 bits per heavy atom. The average Bonchev–Trinajstić information content (AvgIpc) is 2.95. The van der Waals surface area contributed by atoms with Crippen LogP contribution in [-0.2, 0) is 14.8 Å². The summed E-state index contributed by atoms with van der Waals surface area (Å²) in [6.45, 7) is 1.72. The molecule has 0 saturated heterocycles. The molecule has 112 valence electrons. The van der Waals surface area contributed by atoms with Gasteiger partial charge in [0.2, 0.25) is 0 Å². The summed E-state index contributed by atoms with van der Waals surface area (Å²) in [6.07, 6.45) is 3.67. The van der Waals surface area contributed by atoms with Gasteiger partial charge in [-0.15, -0.1) is 11.3 Å². The summed E-state index contributed by atoms with van der Waals surface area (Å²) in [5.74, 6) is -1.09. The van der Waals surface area contributed by atoms with E-state index < -0.39 is 16.0 Å². The molecule has 0 aliphatic rings. The van der Waals surface area contributed by atoms with E-state index >= 15 is 0 Å². The van der Waals surface area contributed by atoms with E-state index in [9.17, 15) is 13.2 Å². The van der Waals surface area contributed by atoms with Gasteiger partial charge in [-0.1, -0.05) is 22.9 Å². The maximum atomic E-state index is 12.1. The van der Waals surface area contributed by atoms with E-state index in [1.54, 1.807) is 6.92 Å². The quantitative estimate of drug-likeness (QED) is 0.795. The standard InChI is InChI=1S/C11H9ClN2O4S3/c1-6-4-9(20-10(6)12)21(17,18)14-11-13-5-7(19-11)2-3-8(15)16/h2-5H,1H3,(H,13,14)(H,15,16)/b3-2+. The normalized spacial score (nSPS) is 11.9. The summed E-state index contributed by atoms with van der Waals surface area (Å²) in [7, 11) is -3.74. The summed E-state index contributed by atoms with van der Waals surface area (Å²) in [6, 6.07) is 1.48. The number of carboxylic acid groups (broad SMARTS) is 1. The molecule has 0 radical (unpaired) electrons. The molecule has 0 amide bonds. The summed E-state index contributed by atoms with van der Waals surface area (Å²) in [5.41, 5.74) is 0.686. The monoisotopic (exact) mass is 364 g/mol. The number of hydrogen-bond donors (Lipinski definition) is 2. The zero-order valence-corrected chi connectivity index (χ0v) is 13.7. The highest BCUT2D eigenvalue weighted by atomic mass is 35.5. The number of aliphatic carboxylic acids is 1. The highest BCUT2D eigenvalue weighted by molar-refractivity contribution is 7.95. The number of rotatable bonds is 5. The first kappa shape index (κ1) is 16.0. The van der Waals surface area contributed by atoms with Crippen LogP contribution in [-0.4, -0.2) is 24.5 Å². The molecule has 0 aliphatic heterocycles. The molecule has 0 aromatic carbocycles. The fourth-order valence-electron chi connectivity index (χ4n) is 1.29. The molecule has 2 aromatic heterocycles. The Morgan fingerprint density at radius 2 is 2.19 bits per heavy atom. The minimum Gasteiger partial charge on any atom is -0.478 e. The molecule has 0 aliphatic carbocycles. The Labute approximate surface area is 133 Å². The predicted octanol–water partition coefficient (Wildman–Crippen LogP) is 3.07. The van der Waals surface area contributed by atoms with Crippen molar-refractivity contribution in [1.82, 2.24) is 4.98 Å². The first-order valence-corrected chi connectivity index (χ1v) is 8.93. The molecule has 2 heterocycles. The maximum absolute atomic E-state index is 12.1. The lowest BCUT2D eigenvalue weighted by molar-refractivity contribution is -0.131. The second-order valence-corrected chi connectivity index (χ2v) is 8.49. The molecule has 0 saturated carbocycles. The Hall–Kier alpha value is -1.42. The number of aromatic nitrogens is 1. The molecule has 2 aromatic rings. The number of sulfonamides is 1. The van der Waals surface area contributed by atoms with Gasteiger partial charge in [0.1, 0.15) is 4.21 Å². The minimum absolute atomic E-state index is 0.0998. The number of nitrogens with zero attached hydrogens (tertiary/aromatic N) is 1. The van der Waals surface area contributed by atoms with E-state index in [0.29, 0.717) is 14.8 Å². The Balaban J connectivity index is 2.19. The van der Waals surface area contributed by atoms with Crippen molar-refractivity contribution in [2.45, 2.75) is 11.1 Å². The summed E-state index contributed by atoms with van der Waals surface area (Å²) >= 11 is 7.85. The lowest BCUT2D eigenvalue weighted by Crippen LogP contribution is -2.11. The lowest BCUT2D eigenvalue weighted by atomic mass is 10.4. The number of thiazole rings is 1. The van der Waals surface area contributed by atoms with Crippen molar-refractivity contribution in [3.63, 3.8) is 0 Å². The number of nitrogens with one attached hydrogen (secondary N) is 1. The van der Waals surface area contributed by atoms with E-state index in [1.165, 1.54) is 18.3 Å². The van der Waals surface area contributed by atoms with Crippen LogP contribution in [0.15, 0.2) is 22.5 Å². The number of carbonyl (C=O) groups is 1. The molecule has 0 bridgehead atoms. The van der Waals surface area contributed by atoms with Crippen LogP contribution in [0.25, 0.3) is 6.08 Å². The SMILES string of the molecule is Cc1cc(S(=O)(=O)Nc2ncc(/C=C/C(=O)O)s2)sc1Cl. The number of hydrogen-bond acceptors (Lipinski definition) is 6. The highest BCUT2D eigenvalue weighted by Crippen LogP contribution is 2.31.